The Hall–Kier alpha value is -1.97. The number of hydrogen-bond acceptors (Lipinski definition) is 3. The highest BCUT2D eigenvalue weighted by molar-refractivity contribution is 9.10. The second-order valence-corrected chi connectivity index (χ2v) is 7.36. The van der Waals surface area contributed by atoms with Gasteiger partial charge in [-0.25, -0.2) is 22.7 Å². The van der Waals surface area contributed by atoms with Crippen LogP contribution < -0.4 is 15.8 Å². The minimum atomic E-state index is -3.71. The molecular weight excluding hydrogens is 401 g/mol. The number of primary sulfonamides is 1. The number of amides is 2. The van der Waals surface area contributed by atoms with E-state index in [-0.39, 0.29) is 4.90 Å². The lowest BCUT2D eigenvalue weighted by Gasteiger charge is -2.09. The first-order valence-electron chi connectivity index (χ1n) is 6.87. The topological polar surface area (TPSA) is 101 Å². The number of carbonyl (C=O) groups excluding carboxylic acids is 1. The summed E-state index contributed by atoms with van der Waals surface area (Å²) in [5, 5.41) is 10.3. The third-order valence-corrected chi connectivity index (χ3v) is 4.72. The monoisotopic (exact) mass is 415 g/mol. The third kappa shape index (κ3) is 5.29. The highest BCUT2D eigenvalue weighted by Crippen LogP contribution is 2.22. The molecule has 128 valence electrons. The molecule has 0 saturated heterocycles. The van der Waals surface area contributed by atoms with E-state index in [0.29, 0.717) is 23.1 Å². The molecule has 6 nitrogen and oxygen atoms in total. The SMILES string of the molecule is NS(=O)(=O)c1ccc(CCNC(=O)Nc2ccc(F)cc2Br)cc1. The van der Waals surface area contributed by atoms with Gasteiger partial charge >= 0.3 is 6.03 Å². The molecule has 0 aliphatic heterocycles. The largest absolute Gasteiger partial charge is 0.338 e. The van der Waals surface area contributed by atoms with Crippen LogP contribution in [0.3, 0.4) is 0 Å². The maximum Gasteiger partial charge on any atom is 0.319 e. The van der Waals surface area contributed by atoms with Gasteiger partial charge in [0, 0.05) is 11.0 Å². The standard InChI is InChI=1S/C15H15BrFN3O3S/c16-13-9-11(17)3-6-14(13)20-15(21)19-8-7-10-1-4-12(5-2-10)24(18,22)23/h1-6,9H,7-8H2,(H2,18,22,23)(H2,19,20,21). The molecule has 0 atom stereocenters. The van der Waals surface area contributed by atoms with Crippen molar-refractivity contribution in [2.45, 2.75) is 11.3 Å². The van der Waals surface area contributed by atoms with Gasteiger partial charge in [0.25, 0.3) is 0 Å². The average Bonchev–Trinajstić information content (AvgIpc) is 2.50. The number of nitrogens with one attached hydrogen (secondary N) is 2. The molecule has 24 heavy (non-hydrogen) atoms. The predicted octanol–water partition coefficient (Wildman–Crippen LogP) is 2.60. The molecule has 0 spiro atoms. The number of rotatable bonds is 5. The Bertz CT molecular complexity index is 842. The van der Waals surface area contributed by atoms with Crippen molar-refractivity contribution in [2.75, 3.05) is 11.9 Å². The summed E-state index contributed by atoms with van der Waals surface area (Å²) in [7, 11) is -3.71. The van der Waals surface area contributed by atoms with E-state index in [1.54, 1.807) is 12.1 Å². The van der Waals surface area contributed by atoms with E-state index < -0.39 is 21.9 Å². The van der Waals surface area contributed by atoms with E-state index in [1.807, 2.05) is 0 Å². The summed E-state index contributed by atoms with van der Waals surface area (Å²) in [4.78, 5) is 11.8. The van der Waals surface area contributed by atoms with Crippen LogP contribution in [0, 0.1) is 5.82 Å². The van der Waals surface area contributed by atoms with Gasteiger partial charge in [-0.2, -0.15) is 0 Å². The summed E-state index contributed by atoms with van der Waals surface area (Å²) in [6, 6.07) is 9.62. The summed E-state index contributed by atoms with van der Waals surface area (Å²) in [6.07, 6.45) is 0.517. The smallest absolute Gasteiger partial charge is 0.319 e. The normalized spacial score (nSPS) is 11.1. The number of benzene rings is 2. The Morgan fingerprint density at radius 2 is 1.83 bits per heavy atom. The Kier molecular flexibility index (Phi) is 5.92. The first kappa shape index (κ1) is 18.4. The van der Waals surface area contributed by atoms with E-state index in [9.17, 15) is 17.6 Å². The Labute approximate surface area is 147 Å². The molecule has 0 aromatic heterocycles. The molecule has 0 saturated carbocycles. The van der Waals surface area contributed by atoms with Crippen LogP contribution in [0.5, 0.6) is 0 Å². The maximum atomic E-state index is 13.0. The fraction of sp³-hybridized carbons (Fsp3) is 0.133. The van der Waals surface area contributed by atoms with Crippen LogP contribution in [0.1, 0.15) is 5.56 Å². The van der Waals surface area contributed by atoms with Crippen LogP contribution in [0.4, 0.5) is 14.9 Å². The quantitative estimate of drug-likeness (QED) is 0.699. The first-order valence-corrected chi connectivity index (χ1v) is 9.21. The zero-order valence-corrected chi connectivity index (χ0v) is 14.8. The van der Waals surface area contributed by atoms with E-state index in [1.165, 1.54) is 30.3 Å². The molecule has 2 amide bonds. The summed E-state index contributed by atoms with van der Waals surface area (Å²) in [6.45, 7) is 0.347. The van der Waals surface area contributed by atoms with Gasteiger partial charge in [0.05, 0.1) is 10.6 Å². The van der Waals surface area contributed by atoms with E-state index in [4.69, 9.17) is 5.14 Å². The van der Waals surface area contributed by atoms with Crippen molar-refractivity contribution in [3.05, 3.63) is 58.3 Å². The van der Waals surface area contributed by atoms with Crippen molar-refractivity contribution >= 4 is 37.7 Å². The van der Waals surface area contributed by atoms with Gasteiger partial charge in [0.15, 0.2) is 0 Å². The minimum absolute atomic E-state index is 0.0399. The lowest BCUT2D eigenvalue weighted by atomic mass is 10.1. The van der Waals surface area contributed by atoms with Crippen molar-refractivity contribution in [1.29, 1.82) is 0 Å². The molecule has 0 fully saturated rings. The van der Waals surface area contributed by atoms with E-state index >= 15 is 0 Å². The molecule has 4 N–H and O–H groups in total. The number of nitrogens with two attached hydrogens (primary N) is 1. The van der Waals surface area contributed by atoms with Crippen molar-refractivity contribution in [3.8, 4) is 0 Å². The highest BCUT2D eigenvalue weighted by Gasteiger charge is 2.08. The van der Waals surface area contributed by atoms with E-state index in [0.717, 1.165) is 5.56 Å². The van der Waals surface area contributed by atoms with Gasteiger partial charge < -0.3 is 10.6 Å². The molecule has 2 aromatic carbocycles. The zero-order chi connectivity index (χ0) is 17.7. The number of hydrogen-bond donors (Lipinski definition) is 3. The predicted molar refractivity (Wildman–Crippen MR) is 92.6 cm³/mol. The molecular formula is C15H15BrFN3O3S. The van der Waals surface area contributed by atoms with Crippen LogP contribution in [0.2, 0.25) is 0 Å². The van der Waals surface area contributed by atoms with Gasteiger partial charge in [0.2, 0.25) is 10.0 Å². The number of urea groups is 1. The first-order chi connectivity index (χ1) is 11.3. The summed E-state index contributed by atoms with van der Waals surface area (Å²) in [5.74, 6) is -0.407. The third-order valence-electron chi connectivity index (χ3n) is 3.13. The van der Waals surface area contributed by atoms with Gasteiger partial charge in [-0.3, -0.25) is 0 Å². The van der Waals surface area contributed by atoms with Crippen molar-refractivity contribution < 1.29 is 17.6 Å². The summed E-state index contributed by atoms with van der Waals surface area (Å²) < 4.78 is 35.7. The van der Waals surface area contributed by atoms with Crippen molar-refractivity contribution in [1.82, 2.24) is 5.32 Å². The minimum Gasteiger partial charge on any atom is -0.338 e. The van der Waals surface area contributed by atoms with Crippen LogP contribution in [-0.4, -0.2) is 21.0 Å². The number of sulfonamides is 1. The van der Waals surface area contributed by atoms with Gasteiger partial charge in [0.1, 0.15) is 5.82 Å². The molecule has 9 heteroatoms. The van der Waals surface area contributed by atoms with Gasteiger partial charge in [-0.1, -0.05) is 12.1 Å². The summed E-state index contributed by atoms with van der Waals surface area (Å²) in [5.41, 5.74) is 1.30. The lowest BCUT2D eigenvalue weighted by Crippen LogP contribution is -2.30. The van der Waals surface area contributed by atoms with Crippen LogP contribution in [-0.2, 0) is 16.4 Å². The molecule has 2 rings (SSSR count). The number of halogens is 2. The zero-order valence-electron chi connectivity index (χ0n) is 12.4. The lowest BCUT2D eigenvalue weighted by molar-refractivity contribution is 0.252. The molecule has 0 unspecified atom stereocenters. The van der Waals surface area contributed by atoms with Gasteiger partial charge in [-0.05, 0) is 58.2 Å². The number of carbonyl (C=O) groups is 1. The number of anilines is 1. The molecule has 0 aliphatic rings. The Morgan fingerprint density at radius 1 is 1.17 bits per heavy atom. The van der Waals surface area contributed by atoms with Crippen molar-refractivity contribution in [2.24, 2.45) is 5.14 Å². The Balaban J connectivity index is 1.84. The fourth-order valence-electron chi connectivity index (χ4n) is 1.92. The molecule has 0 aliphatic carbocycles. The van der Waals surface area contributed by atoms with Crippen LogP contribution >= 0.6 is 15.9 Å². The van der Waals surface area contributed by atoms with Crippen LogP contribution in [0.15, 0.2) is 51.8 Å². The molecule has 0 bridgehead atoms. The molecule has 0 radical (unpaired) electrons. The maximum absolute atomic E-state index is 13.0. The molecule has 2 aromatic rings. The second kappa shape index (κ2) is 7.73. The van der Waals surface area contributed by atoms with Gasteiger partial charge in [-0.15, -0.1) is 0 Å². The average molecular weight is 416 g/mol. The Morgan fingerprint density at radius 3 is 2.42 bits per heavy atom. The molecule has 0 heterocycles. The highest BCUT2D eigenvalue weighted by atomic mass is 79.9. The van der Waals surface area contributed by atoms with Crippen LogP contribution in [0.25, 0.3) is 0 Å². The second-order valence-electron chi connectivity index (χ2n) is 4.94. The summed E-state index contributed by atoms with van der Waals surface area (Å²) >= 11 is 3.16. The van der Waals surface area contributed by atoms with E-state index in [2.05, 4.69) is 26.6 Å². The fourth-order valence-corrected chi connectivity index (χ4v) is 2.89. The van der Waals surface area contributed by atoms with Crippen molar-refractivity contribution in [3.63, 3.8) is 0 Å².